The van der Waals surface area contributed by atoms with Crippen molar-refractivity contribution in [2.75, 3.05) is 0 Å². The molecular formula is C27H22F8N+. The van der Waals surface area contributed by atoms with Gasteiger partial charge in [-0.15, -0.1) is 0 Å². The lowest BCUT2D eigenvalue weighted by atomic mass is 9.74. The zero-order valence-electron chi connectivity index (χ0n) is 19.6. The van der Waals surface area contributed by atoms with Crippen LogP contribution in [0.1, 0.15) is 48.9 Å². The van der Waals surface area contributed by atoms with Crippen LogP contribution in [0.4, 0.5) is 35.1 Å². The fourth-order valence-corrected chi connectivity index (χ4v) is 5.05. The third-order valence-electron chi connectivity index (χ3n) is 6.96. The lowest BCUT2D eigenvalue weighted by Gasteiger charge is -2.35. The van der Waals surface area contributed by atoms with E-state index in [1.54, 1.807) is 18.3 Å². The molecule has 0 unspecified atom stereocenters. The number of allylic oxidation sites excluding steroid dienone is 1. The van der Waals surface area contributed by atoms with Crippen LogP contribution < -0.4 is 4.57 Å². The summed E-state index contributed by atoms with van der Waals surface area (Å²) in [5.41, 5.74) is -4.27. The summed E-state index contributed by atoms with van der Waals surface area (Å²) in [5.74, 6) is -2.53. The van der Waals surface area contributed by atoms with Crippen LogP contribution in [-0.2, 0) is 17.9 Å². The van der Waals surface area contributed by atoms with Crippen LogP contribution in [0.3, 0.4) is 0 Å². The van der Waals surface area contributed by atoms with E-state index < -0.39 is 51.8 Å². The number of rotatable bonds is 3. The van der Waals surface area contributed by atoms with Crippen LogP contribution in [0.15, 0.2) is 49.2 Å². The molecule has 0 amide bonds. The minimum atomic E-state index is -5.16. The number of hydrogen-bond acceptors (Lipinski definition) is 0. The topological polar surface area (TPSA) is 3.88 Å². The quantitative estimate of drug-likeness (QED) is 0.245. The molecule has 4 rings (SSSR count). The molecule has 0 spiro atoms. The molecule has 0 bridgehead atoms. The molecule has 0 saturated carbocycles. The van der Waals surface area contributed by atoms with Crippen LogP contribution in [0.25, 0.3) is 28.0 Å². The highest BCUT2D eigenvalue weighted by molar-refractivity contribution is 5.87. The Morgan fingerprint density at radius 1 is 0.833 bits per heavy atom. The number of aryl methyl sites for hydroxylation is 1. The first-order chi connectivity index (χ1) is 16.7. The van der Waals surface area contributed by atoms with Gasteiger partial charge in [-0.3, -0.25) is 0 Å². The molecule has 1 nitrogen and oxygen atoms in total. The lowest BCUT2D eigenvalue weighted by Crippen LogP contribution is -2.59. The van der Waals surface area contributed by atoms with Gasteiger partial charge < -0.3 is 0 Å². The number of benzene rings is 2. The minimum Gasteiger partial charge on any atom is -0.206 e. The highest BCUT2D eigenvalue weighted by Crippen LogP contribution is 2.48. The molecule has 0 saturated heterocycles. The maximum Gasteiger partial charge on any atom is 0.416 e. The fourth-order valence-electron chi connectivity index (χ4n) is 5.05. The zero-order valence-corrected chi connectivity index (χ0v) is 19.6. The summed E-state index contributed by atoms with van der Waals surface area (Å²) in [6.45, 7) is 9.74. The summed E-state index contributed by atoms with van der Waals surface area (Å²) in [7, 11) is 0. The van der Waals surface area contributed by atoms with E-state index in [9.17, 15) is 26.3 Å². The predicted molar refractivity (Wildman–Crippen MR) is 120 cm³/mol. The van der Waals surface area contributed by atoms with Crippen LogP contribution in [-0.4, -0.2) is 0 Å². The van der Waals surface area contributed by atoms with Crippen molar-refractivity contribution < 1.29 is 39.7 Å². The SMILES string of the molecule is C=C1c2cc(F)c(-c3cc(C(F)(F)F)cc(C(F)(F)F)c3)c(F)c2-c2ccc(C)c[n+]2C1(CC)CC. The Labute approximate surface area is 202 Å². The van der Waals surface area contributed by atoms with Gasteiger partial charge in [-0.1, -0.05) is 20.4 Å². The second-order valence-corrected chi connectivity index (χ2v) is 8.94. The number of pyridine rings is 1. The van der Waals surface area contributed by atoms with Crippen molar-refractivity contribution in [3.8, 4) is 22.4 Å². The molecule has 3 aromatic rings. The first kappa shape index (κ1) is 25.9. The zero-order chi connectivity index (χ0) is 26.8. The molecule has 0 radical (unpaired) electrons. The van der Waals surface area contributed by atoms with Gasteiger partial charge in [0.05, 0.1) is 22.3 Å². The van der Waals surface area contributed by atoms with E-state index in [1.807, 2.05) is 25.3 Å². The Morgan fingerprint density at radius 3 is 1.89 bits per heavy atom. The molecule has 1 aliphatic rings. The van der Waals surface area contributed by atoms with Crippen molar-refractivity contribution >= 4 is 5.57 Å². The largest absolute Gasteiger partial charge is 0.416 e. The van der Waals surface area contributed by atoms with Crippen LogP contribution in [0, 0.1) is 18.6 Å². The first-order valence-corrected chi connectivity index (χ1v) is 11.2. The molecule has 0 N–H and O–H groups in total. The highest BCUT2D eigenvalue weighted by Gasteiger charge is 2.48. The molecule has 0 fully saturated rings. The minimum absolute atomic E-state index is 0.0790. The van der Waals surface area contributed by atoms with E-state index >= 15 is 8.78 Å². The van der Waals surface area contributed by atoms with Crippen molar-refractivity contribution in [1.29, 1.82) is 0 Å². The number of halogens is 8. The fraction of sp³-hybridized carbons (Fsp3) is 0.296. The van der Waals surface area contributed by atoms with Crippen LogP contribution in [0.2, 0.25) is 0 Å². The van der Waals surface area contributed by atoms with Gasteiger partial charge in [0.1, 0.15) is 11.6 Å². The van der Waals surface area contributed by atoms with Gasteiger partial charge in [0, 0.05) is 35.6 Å². The molecule has 0 aliphatic carbocycles. The van der Waals surface area contributed by atoms with Crippen molar-refractivity contribution in [2.45, 2.75) is 51.5 Å². The van der Waals surface area contributed by atoms with Gasteiger partial charge >= 0.3 is 12.4 Å². The van der Waals surface area contributed by atoms with E-state index in [0.717, 1.165) is 11.6 Å². The van der Waals surface area contributed by atoms with Gasteiger partial charge in [0.15, 0.2) is 11.7 Å². The van der Waals surface area contributed by atoms with Crippen molar-refractivity contribution in [2.24, 2.45) is 0 Å². The van der Waals surface area contributed by atoms with E-state index in [4.69, 9.17) is 0 Å². The number of fused-ring (bicyclic) bond motifs is 3. The Bertz CT molecular complexity index is 1350. The summed E-state index contributed by atoms with van der Waals surface area (Å²) < 4.78 is 114. The van der Waals surface area contributed by atoms with Crippen LogP contribution in [0.5, 0.6) is 0 Å². The molecule has 0 atom stereocenters. The third-order valence-corrected chi connectivity index (χ3v) is 6.96. The highest BCUT2D eigenvalue weighted by atomic mass is 19.4. The molecule has 1 aromatic heterocycles. The van der Waals surface area contributed by atoms with Gasteiger partial charge in [0.2, 0.25) is 5.69 Å². The molecular weight excluding hydrogens is 490 g/mol. The molecule has 2 heterocycles. The smallest absolute Gasteiger partial charge is 0.206 e. The molecule has 36 heavy (non-hydrogen) atoms. The van der Waals surface area contributed by atoms with E-state index in [1.165, 1.54) is 0 Å². The Morgan fingerprint density at radius 2 is 1.39 bits per heavy atom. The Kier molecular flexibility index (Phi) is 6.05. The van der Waals surface area contributed by atoms with E-state index in [0.29, 0.717) is 36.2 Å². The first-order valence-electron chi connectivity index (χ1n) is 11.2. The van der Waals surface area contributed by atoms with E-state index in [2.05, 4.69) is 6.58 Å². The summed E-state index contributed by atoms with van der Waals surface area (Å²) in [6, 6.07) is 4.84. The molecule has 2 aromatic carbocycles. The van der Waals surface area contributed by atoms with Gasteiger partial charge in [-0.25, -0.2) is 8.78 Å². The molecule has 190 valence electrons. The summed E-state index contributed by atoms with van der Waals surface area (Å²) in [5, 5.41) is 0. The lowest BCUT2D eigenvalue weighted by molar-refractivity contribution is -0.741. The third kappa shape index (κ3) is 3.89. The van der Waals surface area contributed by atoms with Crippen LogP contribution >= 0.6 is 0 Å². The molecule has 9 heteroatoms. The average molecular weight is 512 g/mol. The van der Waals surface area contributed by atoms with Crippen molar-refractivity contribution in [3.63, 3.8) is 0 Å². The second-order valence-electron chi connectivity index (χ2n) is 8.94. The Balaban J connectivity index is 2.09. The number of nitrogens with zero attached hydrogens (tertiary/aromatic N) is 1. The normalized spacial score (nSPS) is 15.0. The van der Waals surface area contributed by atoms with Gasteiger partial charge in [-0.05, 0) is 42.8 Å². The average Bonchev–Trinajstić information content (AvgIpc) is 2.79. The van der Waals surface area contributed by atoms with Gasteiger partial charge in [0.25, 0.3) is 0 Å². The van der Waals surface area contributed by atoms with Gasteiger partial charge in [-0.2, -0.15) is 30.9 Å². The monoisotopic (exact) mass is 512 g/mol. The summed E-state index contributed by atoms with van der Waals surface area (Å²) >= 11 is 0. The number of alkyl halides is 6. The summed E-state index contributed by atoms with van der Waals surface area (Å²) in [4.78, 5) is 0. The summed E-state index contributed by atoms with van der Waals surface area (Å²) in [6.07, 6.45) is -7.46. The molecule has 1 aliphatic heterocycles. The van der Waals surface area contributed by atoms with Crippen molar-refractivity contribution in [3.05, 3.63) is 83.1 Å². The number of hydrogen-bond donors (Lipinski definition) is 0. The standard InChI is InChI=1S/C27H22F8N/c1-5-25(6-2)15(4)19-12-20(28)22(24(29)23(19)21-8-7-14(3)13-36(21)25)16-9-17(26(30,31)32)11-18(10-16)27(33,34)35/h7-13H,4-6H2,1-3H3/q+1. The number of aromatic nitrogens is 1. The van der Waals surface area contributed by atoms with E-state index in [-0.39, 0.29) is 17.2 Å². The maximum absolute atomic E-state index is 16.1. The maximum atomic E-state index is 16.1. The second kappa shape index (κ2) is 8.42. The predicted octanol–water partition coefficient (Wildman–Crippen LogP) is 8.47. The van der Waals surface area contributed by atoms with Crippen molar-refractivity contribution in [1.82, 2.24) is 0 Å². The Hall–Kier alpha value is -3.23.